The minimum absolute atomic E-state index is 0.0123. The molecule has 4 fully saturated rings. The topological polar surface area (TPSA) is 137 Å². The second-order valence-electron chi connectivity index (χ2n) is 28.0. The number of amides is 5. The van der Waals surface area contributed by atoms with E-state index in [1.165, 1.54) is 29.7 Å². The molecule has 17 heteroatoms. The molecule has 3 aromatic heterocycles. The average molecular weight is 1450 g/mol. The average Bonchev–Trinajstić information content (AvgIpc) is 1.48. The number of fused-ring (bicyclic) bond motifs is 3. The van der Waals surface area contributed by atoms with Gasteiger partial charge in [-0.05, 0) is 165 Å². The van der Waals surface area contributed by atoms with E-state index in [4.69, 9.17) is 34.8 Å². The van der Waals surface area contributed by atoms with Gasteiger partial charge in [-0.25, -0.2) is 0 Å². The molecule has 0 radical (unpaired) electrons. The lowest BCUT2D eigenvalue weighted by atomic mass is 9.93. The molecule has 2 N–H and O–H groups in total. The number of nitrogens with zero attached hydrogens (tertiary/aromatic N) is 7. The Morgan fingerprint density at radius 2 is 0.712 bits per heavy atom. The highest BCUT2D eigenvalue weighted by molar-refractivity contribution is 6.31. The molecule has 5 amide bonds. The zero-order valence-corrected chi connectivity index (χ0v) is 61.4. The van der Waals surface area contributed by atoms with Gasteiger partial charge in [0, 0.05) is 156 Å². The number of benzene rings is 8. The van der Waals surface area contributed by atoms with Crippen molar-refractivity contribution in [3.05, 3.63) is 296 Å². The van der Waals surface area contributed by atoms with Crippen LogP contribution < -0.4 is 10.6 Å². The number of piperidine rings is 3. The molecule has 4 saturated heterocycles. The van der Waals surface area contributed by atoms with Gasteiger partial charge in [0.2, 0.25) is 11.8 Å². The van der Waals surface area contributed by atoms with Crippen LogP contribution in [-0.4, -0.2) is 122 Å². The lowest BCUT2D eigenvalue weighted by Crippen LogP contribution is -2.43. The van der Waals surface area contributed by atoms with Gasteiger partial charge in [-0.1, -0.05) is 193 Å². The summed E-state index contributed by atoms with van der Waals surface area (Å²) < 4.78 is 6.32. The second kappa shape index (κ2) is 34.2. The number of rotatable bonds is 18. The lowest BCUT2D eigenvalue weighted by molar-refractivity contribution is -0.127. The molecular weight excluding hydrogens is 1360 g/mol. The summed E-state index contributed by atoms with van der Waals surface area (Å²) in [4.78, 5) is 74.6. The predicted molar refractivity (Wildman–Crippen MR) is 419 cm³/mol. The Balaban J connectivity index is 0.000000139. The van der Waals surface area contributed by atoms with Crippen LogP contribution in [0.25, 0.3) is 32.7 Å². The van der Waals surface area contributed by atoms with Crippen LogP contribution in [0.5, 0.6) is 0 Å². The third-order valence-electron chi connectivity index (χ3n) is 21.1. The van der Waals surface area contributed by atoms with Gasteiger partial charge in [0.1, 0.15) is 17.1 Å². The van der Waals surface area contributed by atoms with E-state index < -0.39 is 0 Å². The maximum Gasteiger partial charge on any atom is 0.270 e. The smallest absolute Gasteiger partial charge is 0.270 e. The number of hydrogen-bond donors (Lipinski definition) is 2. The van der Waals surface area contributed by atoms with Gasteiger partial charge < -0.3 is 43.9 Å². The first-order chi connectivity index (χ1) is 50.7. The molecule has 0 bridgehead atoms. The first-order valence-electron chi connectivity index (χ1n) is 36.6. The van der Waals surface area contributed by atoms with Gasteiger partial charge >= 0.3 is 0 Å². The van der Waals surface area contributed by atoms with E-state index in [-0.39, 0.29) is 41.4 Å². The van der Waals surface area contributed by atoms with Gasteiger partial charge in [-0.15, -0.1) is 0 Å². The molecule has 11 aromatic rings. The Hall–Kier alpha value is -9.86. The van der Waals surface area contributed by atoms with Gasteiger partial charge in [-0.3, -0.25) is 24.0 Å². The van der Waals surface area contributed by atoms with Crippen LogP contribution in [0.1, 0.15) is 116 Å². The molecule has 0 atom stereocenters. The summed E-state index contributed by atoms with van der Waals surface area (Å²) in [6.07, 6.45) is 8.06. The fourth-order valence-corrected chi connectivity index (χ4v) is 15.4. The number of carbonyl (C=O) groups excluding carboxylic acids is 5. The Morgan fingerprint density at radius 3 is 1.10 bits per heavy atom. The van der Waals surface area contributed by atoms with Crippen molar-refractivity contribution in [3.63, 3.8) is 0 Å². The number of aryl methyl sites for hydroxylation is 1. The quantitative estimate of drug-likeness (QED) is 0.0878. The summed E-state index contributed by atoms with van der Waals surface area (Å²) in [6.45, 7) is 15.6. The van der Waals surface area contributed by atoms with Crippen LogP contribution in [0.15, 0.2) is 231 Å². The summed E-state index contributed by atoms with van der Waals surface area (Å²) in [7, 11) is 0. The van der Waals surface area contributed by atoms with Crippen molar-refractivity contribution in [2.45, 2.75) is 90.9 Å². The highest BCUT2D eigenvalue weighted by atomic mass is 35.5. The monoisotopic (exact) mass is 1450 g/mol. The summed E-state index contributed by atoms with van der Waals surface area (Å²) in [5.74, 6) is 0.692. The molecule has 7 heterocycles. The number of hydrogen-bond acceptors (Lipinski definition) is 6. The van der Waals surface area contributed by atoms with Crippen molar-refractivity contribution in [1.82, 2.24) is 43.9 Å². The molecule has 4 aliphatic heterocycles. The molecule has 0 saturated carbocycles. The first-order valence-corrected chi connectivity index (χ1v) is 37.7. The van der Waals surface area contributed by atoms with E-state index >= 15 is 0 Å². The van der Waals surface area contributed by atoms with Crippen molar-refractivity contribution < 1.29 is 24.0 Å². The summed E-state index contributed by atoms with van der Waals surface area (Å²) in [5.41, 5.74) is 13.4. The van der Waals surface area contributed by atoms with Crippen LogP contribution in [0.3, 0.4) is 0 Å². The van der Waals surface area contributed by atoms with Crippen molar-refractivity contribution in [1.29, 1.82) is 0 Å². The number of para-hydroxylation sites is 3. The van der Waals surface area contributed by atoms with Crippen molar-refractivity contribution >= 4 is 97.0 Å². The summed E-state index contributed by atoms with van der Waals surface area (Å²) >= 11 is 18.2. The van der Waals surface area contributed by atoms with E-state index in [0.717, 1.165) is 111 Å². The third-order valence-corrected chi connectivity index (χ3v) is 21.8. The minimum Gasteiger partial charge on any atom is -0.375 e. The van der Waals surface area contributed by atoms with Crippen LogP contribution in [0.2, 0.25) is 15.1 Å². The Kier molecular flexibility index (Phi) is 23.8. The lowest BCUT2D eigenvalue weighted by Gasteiger charge is -2.36. The van der Waals surface area contributed by atoms with Crippen LogP contribution >= 0.6 is 34.8 Å². The van der Waals surface area contributed by atoms with Crippen LogP contribution in [0.4, 0.5) is 0 Å². The molecule has 0 spiro atoms. The number of allylic oxidation sites excluding steroid dienone is 1. The largest absolute Gasteiger partial charge is 0.375 e. The number of nitrogens with one attached hydrogen (secondary N) is 2. The molecule has 8 aromatic carbocycles. The Morgan fingerprint density at radius 1 is 0.375 bits per heavy atom. The molecule has 14 nitrogen and oxygen atoms in total. The molecule has 534 valence electrons. The van der Waals surface area contributed by atoms with E-state index in [1.807, 2.05) is 191 Å². The van der Waals surface area contributed by atoms with Crippen molar-refractivity contribution in [3.8, 4) is 0 Å². The maximum absolute atomic E-state index is 13.6. The van der Waals surface area contributed by atoms with E-state index in [9.17, 15) is 24.0 Å². The van der Waals surface area contributed by atoms with Crippen molar-refractivity contribution in [2.75, 3.05) is 58.9 Å². The maximum atomic E-state index is 13.6. The number of halogens is 3. The van der Waals surface area contributed by atoms with Gasteiger partial charge in [-0.2, -0.15) is 0 Å². The minimum atomic E-state index is -0.0670. The van der Waals surface area contributed by atoms with E-state index in [2.05, 4.69) is 85.2 Å². The van der Waals surface area contributed by atoms with Gasteiger partial charge in [0.25, 0.3) is 17.7 Å². The summed E-state index contributed by atoms with van der Waals surface area (Å²) in [5, 5.41) is 11.4. The molecule has 0 aliphatic carbocycles. The number of carbonyl (C=O) groups is 5. The van der Waals surface area contributed by atoms with Gasteiger partial charge in [0.05, 0.1) is 0 Å². The fraction of sp³-hybridized carbons (Fsp3) is 0.299. The fourth-order valence-electron chi connectivity index (χ4n) is 15.0. The number of aromatic nitrogens is 3. The first kappa shape index (κ1) is 72.5. The van der Waals surface area contributed by atoms with E-state index in [0.29, 0.717) is 112 Å². The molecule has 0 unspecified atom stereocenters. The SMILES string of the molecule is C=C(C1CCN(C(=O)c2cc3ccccc3n2Cc2ccc(Cl)cc2)CC1)N1CCCC1.Cc1ccc(CCNC(=O)C2CCN(C(=O)c3cc4ccccc4n3Cc3ccc(Cl)cc3)CC2)cc1.O=C(NCc1ccccc1)C1CCN(C(=O)c2cc3ccccc3n2Cc2ccc(Cl)cc2)CC1. The Labute approximate surface area is 624 Å². The zero-order valence-electron chi connectivity index (χ0n) is 59.1. The normalized spacial score (nSPS) is 15.2. The highest BCUT2D eigenvalue weighted by Gasteiger charge is 2.33. The Bertz CT molecular complexity index is 4790. The summed E-state index contributed by atoms with van der Waals surface area (Å²) in [6, 6.07) is 72.0. The zero-order chi connectivity index (χ0) is 72.1. The molecule has 4 aliphatic rings. The second-order valence-corrected chi connectivity index (χ2v) is 29.3. The van der Waals surface area contributed by atoms with Crippen molar-refractivity contribution in [2.24, 2.45) is 17.8 Å². The van der Waals surface area contributed by atoms with Gasteiger partial charge in [0.15, 0.2) is 0 Å². The molecule has 15 rings (SSSR count). The molecule has 104 heavy (non-hydrogen) atoms. The highest BCUT2D eigenvalue weighted by Crippen LogP contribution is 2.33. The van der Waals surface area contributed by atoms with Crippen LogP contribution in [-0.2, 0) is 42.2 Å². The van der Waals surface area contributed by atoms with Crippen LogP contribution in [0, 0.1) is 24.7 Å². The van der Waals surface area contributed by atoms with E-state index in [1.54, 1.807) is 0 Å². The molecular formula is C87H90Cl3N9O5. The third kappa shape index (κ3) is 17.8. The predicted octanol–water partition coefficient (Wildman–Crippen LogP) is 17.2. The standard InChI is InChI=1S/C31H32ClN3O2.C29H28ClN3O2.C27H30ClN3O/c1-22-6-8-23(9-7-22)14-17-33-30(36)25-15-18-34(19-16-25)31(37)29-20-26-4-2-3-5-28(26)35(29)21-24-10-12-27(32)13-11-24;30-25-12-10-22(11-13-25)20-33-26-9-5-4-8-24(26)18-27(33)29(35)32-16-14-23(15-17-32)28(34)31-19-21-6-2-1-3-7-21;1-20(29-14-4-5-15-29)22-12-16-30(17-13-22)27(32)26-18-23-6-2-3-7-25(23)31(26)19-21-8-10-24(28)11-9-21/h2-13,20,25H,14-19,21H2,1H3,(H,33,36);1-13,18,23H,14-17,19-20H2,(H,31,34);2-3,6-11,18,22H,1,4-5,12-17,19H2. The number of likely N-dealkylation sites (tertiary alicyclic amines) is 4.